The number of benzene rings is 2. The number of rotatable bonds is 5. The van der Waals surface area contributed by atoms with E-state index in [1.165, 1.54) is 22.2 Å². The van der Waals surface area contributed by atoms with Crippen LogP contribution in [0.4, 0.5) is 0 Å². The minimum atomic E-state index is 0. The maximum atomic E-state index is 9.79. The summed E-state index contributed by atoms with van der Waals surface area (Å²) in [4.78, 5) is 7.46. The topological polar surface area (TPSA) is 41.3 Å². The molecule has 1 fully saturated rings. The summed E-state index contributed by atoms with van der Waals surface area (Å²) in [6.07, 6.45) is 2.18. The molecule has 2 atom stereocenters. The Balaban J connectivity index is 0.00000240. The summed E-state index contributed by atoms with van der Waals surface area (Å²) in [5, 5.41) is 10.5. The van der Waals surface area contributed by atoms with Gasteiger partial charge in [-0.25, -0.2) is 4.98 Å². The number of hydrogen-bond donors (Lipinski definition) is 1. The molecule has 29 heavy (non-hydrogen) atoms. The number of aliphatic hydroxyl groups excluding tert-OH is 1. The molecule has 156 valence electrons. The lowest BCUT2D eigenvalue weighted by atomic mass is 10.1. The van der Waals surface area contributed by atoms with Gasteiger partial charge in [-0.05, 0) is 81.1 Å². The number of likely N-dealkylation sites (tertiary alicyclic amines) is 1. The Kier molecular flexibility index (Phi) is 6.90. The van der Waals surface area contributed by atoms with E-state index in [1.54, 1.807) is 0 Å². The van der Waals surface area contributed by atoms with Crippen molar-refractivity contribution in [3.63, 3.8) is 0 Å². The standard InChI is InChI=1S/C23H28ClN3O.ClH/c1-15-11-21-22(12-16(15)2)27(13-18-6-8-19(24)9-7-18)23(25-21)17(3)26-10-4-5-20(26)14-28;/h6-9,11-12,17,20,28H,4-5,10,13-14H2,1-3H3;1H/t17-,20-;/m1./s1. The highest BCUT2D eigenvalue weighted by molar-refractivity contribution is 6.30. The molecular formula is C23H29Cl2N3O. The molecule has 1 aromatic heterocycles. The maximum absolute atomic E-state index is 9.79. The minimum absolute atomic E-state index is 0. The third kappa shape index (κ3) is 4.31. The quantitative estimate of drug-likeness (QED) is 0.593. The fraction of sp³-hybridized carbons (Fsp3) is 0.435. The van der Waals surface area contributed by atoms with Crippen molar-refractivity contribution in [2.24, 2.45) is 0 Å². The molecule has 1 saturated heterocycles. The Morgan fingerprint density at radius 3 is 2.55 bits per heavy atom. The van der Waals surface area contributed by atoms with E-state index in [9.17, 15) is 5.11 Å². The first-order valence-corrected chi connectivity index (χ1v) is 10.4. The van der Waals surface area contributed by atoms with Gasteiger partial charge in [0, 0.05) is 17.6 Å². The van der Waals surface area contributed by atoms with Crippen LogP contribution in [0.2, 0.25) is 5.02 Å². The van der Waals surface area contributed by atoms with E-state index >= 15 is 0 Å². The number of hydrogen-bond acceptors (Lipinski definition) is 3. The van der Waals surface area contributed by atoms with Crippen LogP contribution >= 0.6 is 24.0 Å². The van der Waals surface area contributed by atoms with Gasteiger partial charge < -0.3 is 9.67 Å². The summed E-state index contributed by atoms with van der Waals surface area (Å²) in [7, 11) is 0. The zero-order valence-corrected chi connectivity index (χ0v) is 18.8. The molecule has 1 aliphatic rings. The zero-order chi connectivity index (χ0) is 19.8. The SMILES string of the molecule is Cc1cc2nc([C@@H](C)N3CCC[C@@H]3CO)n(Cc3ccc(Cl)cc3)c2cc1C.Cl. The van der Waals surface area contributed by atoms with Crippen LogP contribution in [0, 0.1) is 13.8 Å². The molecule has 0 radical (unpaired) electrons. The van der Waals surface area contributed by atoms with E-state index < -0.39 is 0 Å². The molecule has 3 aromatic rings. The first-order chi connectivity index (χ1) is 13.5. The van der Waals surface area contributed by atoms with Gasteiger partial charge in [0.15, 0.2) is 0 Å². The van der Waals surface area contributed by atoms with Crippen molar-refractivity contribution in [1.82, 2.24) is 14.5 Å². The summed E-state index contributed by atoms with van der Waals surface area (Å²) in [5.41, 5.74) is 5.95. The normalized spacial score (nSPS) is 18.2. The molecule has 1 aliphatic heterocycles. The van der Waals surface area contributed by atoms with Crippen molar-refractivity contribution in [3.05, 3.63) is 63.9 Å². The molecule has 0 aliphatic carbocycles. The molecular weight excluding hydrogens is 405 g/mol. The molecule has 0 amide bonds. The van der Waals surface area contributed by atoms with Crippen LogP contribution in [-0.4, -0.2) is 38.8 Å². The fourth-order valence-electron chi connectivity index (χ4n) is 4.37. The third-order valence-corrected chi connectivity index (χ3v) is 6.40. The lowest BCUT2D eigenvalue weighted by Gasteiger charge is -2.29. The second-order valence-corrected chi connectivity index (χ2v) is 8.44. The summed E-state index contributed by atoms with van der Waals surface area (Å²) in [6, 6.07) is 12.9. The van der Waals surface area contributed by atoms with Gasteiger partial charge in [-0.2, -0.15) is 0 Å². The molecule has 4 rings (SSSR count). The largest absolute Gasteiger partial charge is 0.395 e. The average molecular weight is 434 g/mol. The first kappa shape index (κ1) is 22.1. The van der Waals surface area contributed by atoms with Crippen LogP contribution in [0.5, 0.6) is 0 Å². The average Bonchev–Trinajstić information content (AvgIpc) is 3.29. The van der Waals surface area contributed by atoms with Crippen LogP contribution in [0.15, 0.2) is 36.4 Å². The molecule has 2 heterocycles. The Labute approximate surface area is 183 Å². The molecule has 0 saturated carbocycles. The van der Waals surface area contributed by atoms with Crippen molar-refractivity contribution in [2.75, 3.05) is 13.2 Å². The number of aromatic nitrogens is 2. The third-order valence-electron chi connectivity index (χ3n) is 6.15. The lowest BCUT2D eigenvalue weighted by Crippen LogP contribution is -2.35. The maximum Gasteiger partial charge on any atom is 0.127 e. The number of aliphatic hydroxyl groups is 1. The van der Waals surface area contributed by atoms with Crippen molar-refractivity contribution in [1.29, 1.82) is 0 Å². The molecule has 4 nitrogen and oxygen atoms in total. The number of nitrogens with zero attached hydrogens (tertiary/aromatic N) is 3. The van der Waals surface area contributed by atoms with Gasteiger partial charge >= 0.3 is 0 Å². The Morgan fingerprint density at radius 2 is 1.86 bits per heavy atom. The van der Waals surface area contributed by atoms with Crippen LogP contribution < -0.4 is 0 Å². The fourth-order valence-corrected chi connectivity index (χ4v) is 4.49. The van der Waals surface area contributed by atoms with Crippen molar-refractivity contribution in [3.8, 4) is 0 Å². The highest BCUT2D eigenvalue weighted by Gasteiger charge is 2.31. The first-order valence-electron chi connectivity index (χ1n) is 10.1. The van der Waals surface area contributed by atoms with Crippen molar-refractivity contribution in [2.45, 2.75) is 52.2 Å². The molecule has 2 aromatic carbocycles. The van der Waals surface area contributed by atoms with Gasteiger partial charge in [0.2, 0.25) is 0 Å². The summed E-state index contributed by atoms with van der Waals surface area (Å²) in [5.74, 6) is 1.07. The highest BCUT2D eigenvalue weighted by Crippen LogP contribution is 2.32. The number of halogens is 2. The van der Waals surface area contributed by atoms with E-state index in [0.717, 1.165) is 42.3 Å². The molecule has 0 spiro atoms. The van der Waals surface area contributed by atoms with E-state index in [2.05, 4.69) is 54.5 Å². The van der Waals surface area contributed by atoms with Gasteiger partial charge in [0.1, 0.15) is 5.82 Å². The summed E-state index contributed by atoms with van der Waals surface area (Å²) in [6.45, 7) is 8.48. The van der Waals surface area contributed by atoms with Crippen LogP contribution in [0.3, 0.4) is 0 Å². The highest BCUT2D eigenvalue weighted by atomic mass is 35.5. The second kappa shape index (κ2) is 9.05. The Bertz CT molecular complexity index is 984. The smallest absolute Gasteiger partial charge is 0.127 e. The van der Waals surface area contributed by atoms with Crippen molar-refractivity contribution < 1.29 is 5.11 Å². The molecule has 1 N–H and O–H groups in total. The molecule has 0 unspecified atom stereocenters. The van der Waals surface area contributed by atoms with E-state index in [-0.39, 0.29) is 31.1 Å². The molecule has 6 heteroatoms. The van der Waals surface area contributed by atoms with Gasteiger partial charge in [-0.15, -0.1) is 12.4 Å². The predicted octanol–water partition coefficient (Wildman–Crippen LogP) is 5.29. The second-order valence-electron chi connectivity index (χ2n) is 8.00. The summed E-state index contributed by atoms with van der Waals surface area (Å²) >= 11 is 6.08. The monoisotopic (exact) mass is 433 g/mol. The zero-order valence-electron chi connectivity index (χ0n) is 17.2. The van der Waals surface area contributed by atoms with Gasteiger partial charge in [-0.1, -0.05) is 23.7 Å². The van der Waals surface area contributed by atoms with E-state index in [4.69, 9.17) is 16.6 Å². The van der Waals surface area contributed by atoms with Crippen LogP contribution in [-0.2, 0) is 6.54 Å². The molecule has 0 bridgehead atoms. The summed E-state index contributed by atoms with van der Waals surface area (Å²) < 4.78 is 2.34. The van der Waals surface area contributed by atoms with Crippen LogP contribution in [0.25, 0.3) is 11.0 Å². The Hall–Kier alpha value is -1.59. The van der Waals surface area contributed by atoms with Gasteiger partial charge in [0.05, 0.1) is 23.7 Å². The van der Waals surface area contributed by atoms with E-state index in [0.29, 0.717) is 0 Å². The number of imidazole rings is 1. The predicted molar refractivity (Wildman–Crippen MR) is 122 cm³/mol. The van der Waals surface area contributed by atoms with Crippen LogP contribution in [0.1, 0.15) is 48.3 Å². The Morgan fingerprint density at radius 1 is 1.17 bits per heavy atom. The van der Waals surface area contributed by atoms with E-state index in [1.807, 2.05) is 12.1 Å². The van der Waals surface area contributed by atoms with Gasteiger partial charge in [0.25, 0.3) is 0 Å². The van der Waals surface area contributed by atoms with Gasteiger partial charge in [-0.3, -0.25) is 4.90 Å². The van der Waals surface area contributed by atoms with Crippen molar-refractivity contribution >= 4 is 35.0 Å². The minimum Gasteiger partial charge on any atom is -0.395 e. The lowest BCUT2D eigenvalue weighted by molar-refractivity contribution is 0.121. The number of aryl methyl sites for hydroxylation is 2. The number of fused-ring (bicyclic) bond motifs is 1.